The minimum absolute atomic E-state index is 0.105. The lowest BCUT2D eigenvalue weighted by atomic mass is 9.79. The van der Waals surface area contributed by atoms with Crippen LogP contribution in [0.4, 0.5) is 0 Å². The molecule has 0 saturated carbocycles. The lowest BCUT2D eigenvalue weighted by Gasteiger charge is -2.35. The second-order valence-electron chi connectivity index (χ2n) is 11.3. The van der Waals surface area contributed by atoms with Gasteiger partial charge in [0.05, 0.1) is 18.3 Å². The summed E-state index contributed by atoms with van der Waals surface area (Å²) in [6, 6.07) is 0. The van der Waals surface area contributed by atoms with E-state index in [9.17, 15) is 24.9 Å². The first-order valence-electron chi connectivity index (χ1n) is 13.2. The normalized spacial score (nSPS) is 32.9. The Balaban J connectivity index is 3.09. The van der Waals surface area contributed by atoms with E-state index in [4.69, 9.17) is 4.74 Å². The number of rotatable bonds is 7. The van der Waals surface area contributed by atoms with Gasteiger partial charge < -0.3 is 20.1 Å². The monoisotopic (exact) mass is 482 g/mol. The van der Waals surface area contributed by atoms with E-state index in [1.807, 2.05) is 20.8 Å². The number of esters is 1. The first-order chi connectivity index (χ1) is 15.8. The Hall–Kier alpha value is -1.24. The molecule has 1 rings (SSSR count). The van der Waals surface area contributed by atoms with Crippen molar-refractivity contribution in [2.24, 2.45) is 35.5 Å². The Labute approximate surface area is 207 Å². The zero-order valence-electron chi connectivity index (χ0n) is 22.7. The summed E-state index contributed by atoms with van der Waals surface area (Å²) in [5.41, 5.74) is 1.22. The highest BCUT2D eigenvalue weighted by molar-refractivity contribution is 5.96. The summed E-state index contributed by atoms with van der Waals surface area (Å²) in [5.74, 6) is -1.34. The Kier molecular flexibility index (Phi) is 13.0. The summed E-state index contributed by atoms with van der Waals surface area (Å²) in [6.45, 7) is 15.5. The Bertz CT molecular complexity index is 674. The van der Waals surface area contributed by atoms with Gasteiger partial charge in [-0.1, -0.05) is 60.1 Å². The van der Waals surface area contributed by atoms with Crippen molar-refractivity contribution in [3.8, 4) is 0 Å². The smallest absolute Gasteiger partial charge is 0.313 e. The molecule has 10 atom stereocenters. The van der Waals surface area contributed by atoms with Crippen molar-refractivity contribution in [1.29, 1.82) is 0 Å². The van der Waals surface area contributed by atoms with Gasteiger partial charge in [0, 0.05) is 30.1 Å². The second-order valence-corrected chi connectivity index (χ2v) is 11.3. The van der Waals surface area contributed by atoms with Crippen LogP contribution in [-0.2, 0) is 14.3 Å². The maximum absolute atomic E-state index is 12.7. The van der Waals surface area contributed by atoms with E-state index in [1.165, 1.54) is 5.57 Å². The summed E-state index contributed by atoms with van der Waals surface area (Å²) >= 11 is 0. The van der Waals surface area contributed by atoms with E-state index in [1.54, 1.807) is 13.8 Å². The number of hydrogen-bond donors (Lipinski definition) is 3. The predicted octanol–water partition coefficient (Wildman–Crippen LogP) is 4.69. The van der Waals surface area contributed by atoms with Gasteiger partial charge in [-0.3, -0.25) is 9.59 Å². The summed E-state index contributed by atoms with van der Waals surface area (Å²) in [6.07, 6.45) is 2.39. The molecule has 0 radical (unpaired) electrons. The van der Waals surface area contributed by atoms with Gasteiger partial charge >= 0.3 is 5.97 Å². The molecule has 0 bridgehead atoms. The van der Waals surface area contributed by atoms with E-state index in [0.29, 0.717) is 24.7 Å². The fourth-order valence-corrected chi connectivity index (χ4v) is 5.43. The zero-order chi connectivity index (χ0) is 26.2. The second kappa shape index (κ2) is 14.4. The lowest BCUT2D eigenvalue weighted by Crippen LogP contribution is -2.44. The summed E-state index contributed by atoms with van der Waals surface area (Å²) < 4.78 is 5.76. The average molecular weight is 483 g/mol. The molecular weight excluding hydrogens is 432 g/mol. The topological polar surface area (TPSA) is 104 Å². The van der Waals surface area contributed by atoms with Gasteiger partial charge in [0.2, 0.25) is 0 Å². The molecule has 0 aliphatic carbocycles. The van der Waals surface area contributed by atoms with Crippen LogP contribution in [0.25, 0.3) is 0 Å². The Morgan fingerprint density at radius 3 is 2.18 bits per heavy atom. The van der Waals surface area contributed by atoms with Crippen molar-refractivity contribution in [3.63, 3.8) is 0 Å². The standard InChI is InChI=1S/C28H50O6/c1-9-23(29)20(6)27(32)22(8)28(33)21(7)25-11-10-16(2)12-17(3)13-18(4)14-19(5)24(30)15-26(31)34-25/h10,17-23,25,27-29,32-33H,9,11-15H2,1-8H3/b16-10+. The van der Waals surface area contributed by atoms with E-state index in [0.717, 1.165) is 19.3 Å². The molecule has 6 heteroatoms. The molecule has 1 heterocycles. The summed E-state index contributed by atoms with van der Waals surface area (Å²) in [7, 11) is 0. The van der Waals surface area contributed by atoms with Gasteiger partial charge in [-0.2, -0.15) is 0 Å². The number of Topliss-reactive ketones (excluding diaryl/α,β-unsaturated/α-hetero) is 1. The number of ether oxygens (including phenoxy) is 1. The van der Waals surface area contributed by atoms with Crippen molar-refractivity contribution >= 4 is 11.8 Å². The number of carbonyl (C=O) groups excluding carboxylic acids is 2. The minimum atomic E-state index is -0.943. The fourth-order valence-electron chi connectivity index (χ4n) is 5.43. The van der Waals surface area contributed by atoms with Crippen LogP contribution < -0.4 is 0 Å². The first kappa shape index (κ1) is 30.8. The van der Waals surface area contributed by atoms with Gasteiger partial charge in [-0.25, -0.2) is 0 Å². The van der Waals surface area contributed by atoms with Gasteiger partial charge in [0.1, 0.15) is 18.3 Å². The van der Waals surface area contributed by atoms with Crippen molar-refractivity contribution in [2.45, 2.75) is 118 Å². The molecular formula is C28H50O6. The molecule has 0 amide bonds. The highest BCUT2D eigenvalue weighted by Gasteiger charge is 2.37. The lowest BCUT2D eigenvalue weighted by molar-refractivity contribution is -0.157. The number of hydrogen-bond acceptors (Lipinski definition) is 6. The van der Waals surface area contributed by atoms with Crippen molar-refractivity contribution in [3.05, 3.63) is 11.6 Å². The van der Waals surface area contributed by atoms with Gasteiger partial charge in [-0.05, 0) is 44.4 Å². The molecule has 1 aliphatic heterocycles. The van der Waals surface area contributed by atoms with Gasteiger partial charge in [-0.15, -0.1) is 0 Å². The Morgan fingerprint density at radius 2 is 1.59 bits per heavy atom. The van der Waals surface area contributed by atoms with E-state index >= 15 is 0 Å². The van der Waals surface area contributed by atoms with Crippen LogP contribution in [0.2, 0.25) is 0 Å². The number of carbonyl (C=O) groups is 2. The molecule has 198 valence electrons. The minimum Gasteiger partial charge on any atom is -0.461 e. The highest BCUT2D eigenvalue weighted by Crippen LogP contribution is 2.30. The number of aliphatic hydroxyl groups excluding tert-OH is 3. The third kappa shape index (κ3) is 9.43. The number of aliphatic hydroxyl groups is 3. The van der Waals surface area contributed by atoms with Crippen LogP contribution in [0.15, 0.2) is 11.6 Å². The van der Waals surface area contributed by atoms with E-state index in [2.05, 4.69) is 26.8 Å². The van der Waals surface area contributed by atoms with Crippen LogP contribution >= 0.6 is 0 Å². The largest absolute Gasteiger partial charge is 0.461 e. The summed E-state index contributed by atoms with van der Waals surface area (Å²) in [5, 5.41) is 31.9. The molecule has 3 N–H and O–H groups in total. The number of cyclic esters (lactones) is 1. The quantitative estimate of drug-likeness (QED) is 0.276. The molecule has 6 nitrogen and oxygen atoms in total. The van der Waals surface area contributed by atoms with Crippen molar-refractivity contribution < 1.29 is 29.6 Å². The molecule has 0 aromatic heterocycles. The van der Waals surface area contributed by atoms with Crippen LogP contribution in [0.1, 0.15) is 93.9 Å². The third-order valence-electron chi connectivity index (χ3n) is 7.85. The maximum atomic E-state index is 12.7. The number of ketones is 1. The maximum Gasteiger partial charge on any atom is 0.313 e. The highest BCUT2D eigenvalue weighted by atomic mass is 16.5. The van der Waals surface area contributed by atoms with Crippen LogP contribution in [0.3, 0.4) is 0 Å². The molecule has 0 spiro atoms. The molecule has 0 aromatic rings. The van der Waals surface area contributed by atoms with Crippen molar-refractivity contribution in [2.75, 3.05) is 0 Å². The van der Waals surface area contributed by atoms with Crippen LogP contribution in [-0.4, -0.2) is 51.5 Å². The van der Waals surface area contributed by atoms with Crippen molar-refractivity contribution in [1.82, 2.24) is 0 Å². The molecule has 10 unspecified atom stereocenters. The molecule has 1 aliphatic rings. The number of allylic oxidation sites excluding steroid dienone is 1. The van der Waals surface area contributed by atoms with Crippen LogP contribution in [0, 0.1) is 35.5 Å². The Morgan fingerprint density at radius 1 is 0.971 bits per heavy atom. The van der Waals surface area contributed by atoms with E-state index < -0.39 is 48.1 Å². The van der Waals surface area contributed by atoms with Gasteiger partial charge in [0.15, 0.2) is 0 Å². The molecule has 0 saturated heterocycles. The molecule has 0 aromatic carbocycles. The first-order valence-corrected chi connectivity index (χ1v) is 13.2. The van der Waals surface area contributed by atoms with Crippen LogP contribution in [0.5, 0.6) is 0 Å². The predicted molar refractivity (Wildman–Crippen MR) is 135 cm³/mol. The third-order valence-corrected chi connectivity index (χ3v) is 7.85. The summed E-state index contributed by atoms with van der Waals surface area (Å²) in [4.78, 5) is 25.3. The SMILES string of the molecule is CCC(O)C(C)C(O)C(C)C(O)C(C)C1C/C=C(\C)CC(C)CC(C)CC(C)C(=O)CC(=O)O1. The fraction of sp³-hybridized carbons (Fsp3) is 0.857. The average Bonchev–Trinajstić information content (AvgIpc) is 2.77. The zero-order valence-corrected chi connectivity index (χ0v) is 22.7. The molecule has 34 heavy (non-hydrogen) atoms. The van der Waals surface area contributed by atoms with E-state index in [-0.39, 0.29) is 18.1 Å². The van der Waals surface area contributed by atoms with Gasteiger partial charge in [0.25, 0.3) is 0 Å². The molecule has 0 fully saturated rings.